The van der Waals surface area contributed by atoms with Crippen LogP contribution in [0.5, 0.6) is 0 Å². The van der Waals surface area contributed by atoms with Gasteiger partial charge in [0.25, 0.3) is 0 Å². The molecule has 1 rings (SSSR count). The van der Waals surface area contributed by atoms with Crippen LogP contribution in [0, 0.1) is 0 Å². The quantitative estimate of drug-likeness (QED) is 0.776. The lowest BCUT2D eigenvalue weighted by Crippen LogP contribution is -2.44. The van der Waals surface area contributed by atoms with Crippen LogP contribution in [0.1, 0.15) is 33.6 Å². The van der Waals surface area contributed by atoms with E-state index in [0.717, 1.165) is 32.6 Å². The number of aliphatic hydroxyl groups excluding tert-OH is 1. The maximum atomic E-state index is 10.0. The number of likely N-dealkylation sites (N-methyl/N-ethyl adjacent to an activating group) is 1. The van der Waals surface area contributed by atoms with Gasteiger partial charge in [0.15, 0.2) is 0 Å². The maximum absolute atomic E-state index is 10.0. The molecule has 1 N–H and O–H groups in total. The van der Waals surface area contributed by atoms with Crippen molar-refractivity contribution in [3.63, 3.8) is 0 Å². The Hall–Kier alpha value is -0.160. The molecule has 1 saturated heterocycles. The van der Waals surface area contributed by atoms with Crippen LogP contribution in [0.25, 0.3) is 0 Å². The molecule has 0 amide bonds. The normalized spacial score (nSPS) is 25.3. The van der Waals surface area contributed by atoms with Crippen LogP contribution in [-0.4, -0.2) is 73.0 Å². The summed E-state index contributed by atoms with van der Waals surface area (Å²) in [6.07, 6.45) is 2.15. The van der Waals surface area contributed by atoms with Crippen LogP contribution in [-0.2, 0) is 4.74 Å². The second-order valence-electron chi connectivity index (χ2n) is 5.71. The van der Waals surface area contributed by atoms with Gasteiger partial charge >= 0.3 is 0 Å². The van der Waals surface area contributed by atoms with E-state index < -0.39 is 0 Å². The van der Waals surface area contributed by atoms with E-state index in [4.69, 9.17) is 4.74 Å². The van der Waals surface area contributed by atoms with Crippen molar-refractivity contribution in [2.75, 3.05) is 39.8 Å². The number of nitrogens with zero attached hydrogens (tertiary/aromatic N) is 2. The molecular formula is C14H30N2O2. The smallest absolute Gasteiger partial charge is 0.0900 e. The fourth-order valence-corrected chi connectivity index (χ4v) is 2.55. The lowest BCUT2D eigenvalue weighted by atomic mass is 10.1. The summed E-state index contributed by atoms with van der Waals surface area (Å²) in [5.74, 6) is 0. The zero-order valence-electron chi connectivity index (χ0n) is 12.4. The van der Waals surface area contributed by atoms with E-state index in [1.54, 1.807) is 0 Å². The molecule has 0 radical (unpaired) electrons. The van der Waals surface area contributed by atoms with Gasteiger partial charge in [-0.3, -0.25) is 4.90 Å². The summed E-state index contributed by atoms with van der Waals surface area (Å²) in [6.45, 7) is 10.8. The first-order chi connectivity index (χ1) is 8.52. The number of hydrogen-bond acceptors (Lipinski definition) is 4. The van der Waals surface area contributed by atoms with E-state index in [0.29, 0.717) is 12.6 Å². The monoisotopic (exact) mass is 258 g/mol. The minimum Gasteiger partial charge on any atom is -0.389 e. The zero-order chi connectivity index (χ0) is 13.5. The van der Waals surface area contributed by atoms with Crippen LogP contribution in [0.3, 0.4) is 0 Å². The van der Waals surface area contributed by atoms with E-state index >= 15 is 0 Å². The molecule has 1 aliphatic rings. The second kappa shape index (κ2) is 8.10. The van der Waals surface area contributed by atoms with E-state index in [-0.39, 0.29) is 12.2 Å². The molecular weight excluding hydrogens is 228 g/mol. The lowest BCUT2D eigenvalue weighted by Gasteiger charge is -2.31. The molecule has 4 heteroatoms. The van der Waals surface area contributed by atoms with Crippen molar-refractivity contribution in [3.05, 3.63) is 0 Å². The molecule has 0 aromatic rings. The van der Waals surface area contributed by atoms with Gasteiger partial charge in [-0.05, 0) is 46.8 Å². The molecule has 1 aliphatic heterocycles. The van der Waals surface area contributed by atoms with Crippen molar-refractivity contribution in [1.82, 2.24) is 9.80 Å². The number of ether oxygens (including phenoxy) is 1. The number of rotatable bonds is 6. The molecule has 108 valence electrons. The highest BCUT2D eigenvalue weighted by Crippen LogP contribution is 2.12. The molecule has 0 bridgehead atoms. The van der Waals surface area contributed by atoms with Crippen LogP contribution in [0.4, 0.5) is 0 Å². The summed E-state index contributed by atoms with van der Waals surface area (Å²) in [4.78, 5) is 4.82. The number of aliphatic hydroxyl groups is 1. The van der Waals surface area contributed by atoms with Crippen molar-refractivity contribution in [2.24, 2.45) is 0 Å². The average molecular weight is 258 g/mol. The number of hydrogen-bond donors (Lipinski definition) is 1. The molecule has 18 heavy (non-hydrogen) atoms. The van der Waals surface area contributed by atoms with Crippen LogP contribution in [0.2, 0.25) is 0 Å². The SMILES string of the molecule is CCC1CN(C)CCCN1CC(O)COC(C)C. The first kappa shape index (κ1) is 15.9. The van der Waals surface area contributed by atoms with Crippen molar-refractivity contribution in [1.29, 1.82) is 0 Å². The summed E-state index contributed by atoms with van der Waals surface area (Å²) >= 11 is 0. The third-order valence-corrected chi connectivity index (χ3v) is 3.56. The van der Waals surface area contributed by atoms with Gasteiger partial charge in [-0.1, -0.05) is 6.92 Å². The molecule has 0 spiro atoms. The molecule has 1 heterocycles. The molecule has 2 unspecified atom stereocenters. The maximum Gasteiger partial charge on any atom is 0.0900 e. The van der Waals surface area contributed by atoms with Crippen LogP contribution < -0.4 is 0 Å². The van der Waals surface area contributed by atoms with Gasteiger partial charge < -0.3 is 14.7 Å². The van der Waals surface area contributed by atoms with Crippen molar-refractivity contribution in [2.45, 2.75) is 51.9 Å². The van der Waals surface area contributed by atoms with Gasteiger partial charge in [0.2, 0.25) is 0 Å². The van der Waals surface area contributed by atoms with Crippen molar-refractivity contribution in [3.8, 4) is 0 Å². The van der Waals surface area contributed by atoms with E-state index in [1.807, 2.05) is 13.8 Å². The summed E-state index contributed by atoms with van der Waals surface area (Å²) in [5, 5.41) is 10.0. The third-order valence-electron chi connectivity index (χ3n) is 3.56. The predicted octanol–water partition coefficient (Wildman–Crippen LogP) is 1.19. The van der Waals surface area contributed by atoms with E-state index in [9.17, 15) is 5.11 Å². The Morgan fingerprint density at radius 3 is 2.67 bits per heavy atom. The Kier molecular flexibility index (Phi) is 7.15. The fraction of sp³-hybridized carbons (Fsp3) is 1.00. The highest BCUT2D eigenvalue weighted by atomic mass is 16.5. The molecule has 0 aromatic carbocycles. The van der Waals surface area contributed by atoms with Gasteiger partial charge in [-0.25, -0.2) is 0 Å². The molecule has 0 saturated carbocycles. The van der Waals surface area contributed by atoms with Crippen LogP contribution in [0.15, 0.2) is 0 Å². The van der Waals surface area contributed by atoms with E-state index in [2.05, 4.69) is 23.8 Å². The van der Waals surface area contributed by atoms with Gasteiger partial charge in [0.1, 0.15) is 0 Å². The topological polar surface area (TPSA) is 35.9 Å². The minimum absolute atomic E-state index is 0.192. The first-order valence-corrected chi connectivity index (χ1v) is 7.25. The van der Waals surface area contributed by atoms with Gasteiger partial charge in [0, 0.05) is 19.1 Å². The Morgan fingerprint density at radius 1 is 1.33 bits per heavy atom. The third kappa shape index (κ3) is 5.65. The highest BCUT2D eigenvalue weighted by Gasteiger charge is 2.23. The summed E-state index contributed by atoms with van der Waals surface area (Å²) < 4.78 is 5.48. The summed E-state index contributed by atoms with van der Waals surface area (Å²) in [7, 11) is 2.18. The Morgan fingerprint density at radius 2 is 2.06 bits per heavy atom. The molecule has 1 fully saturated rings. The second-order valence-corrected chi connectivity index (χ2v) is 5.71. The van der Waals surface area contributed by atoms with Gasteiger partial charge in [-0.15, -0.1) is 0 Å². The van der Waals surface area contributed by atoms with Crippen LogP contribution >= 0.6 is 0 Å². The van der Waals surface area contributed by atoms with Crippen molar-refractivity contribution < 1.29 is 9.84 Å². The van der Waals surface area contributed by atoms with Gasteiger partial charge in [0.05, 0.1) is 18.8 Å². The Bertz CT molecular complexity index is 224. The largest absolute Gasteiger partial charge is 0.389 e. The molecule has 2 atom stereocenters. The average Bonchev–Trinajstić information content (AvgIpc) is 2.48. The fourth-order valence-electron chi connectivity index (χ4n) is 2.55. The number of β-amino-alcohol motifs (C(OH)–C–C–N with tert-alkyl or cyclic N) is 1. The Labute approximate surface area is 112 Å². The summed E-state index contributed by atoms with van der Waals surface area (Å²) in [6, 6.07) is 0.561. The first-order valence-electron chi connectivity index (χ1n) is 7.25. The Balaban J connectivity index is 2.41. The lowest BCUT2D eigenvalue weighted by molar-refractivity contribution is -0.0140. The minimum atomic E-state index is -0.371. The molecule has 0 aromatic heterocycles. The summed E-state index contributed by atoms with van der Waals surface area (Å²) in [5.41, 5.74) is 0. The van der Waals surface area contributed by atoms with E-state index in [1.165, 1.54) is 6.42 Å². The molecule has 4 nitrogen and oxygen atoms in total. The van der Waals surface area contributed by atoms with Gasteiger partial charge in [-0.2, -0.15) is 0 Å². The standard InChI is InChI=1S/C14H30N2O2/c1-5-13-9-15(4)7-6-8-16(13)10-14(17)11-18-12(2)3/h12-14,17H,5-11H2,1-4H3. The molecule has 0 aliphatic carbocycles. The predicted molar refractivity (Wildman–Crippen MR) is 74.9 cm³/mol. The highest BCUT2D eigenvalue weighted by molar-refractivity contribution is 4.79. The van der Waals surface area contributed by atoms with Crippen molar-refractivity contribution >= 4 is 0 Å². The zero-order valence-corrected chi connectivity index (χ0v) is 12.4.